The molecule has 0 bridgehead atoms. The molecule has 0 amide bonds. The third kappa shape index (κ3) is 4.18. The number of nitrogens with zero attached hydrogens (tertiary/aromatic N) is 5. The lowest BCUT2D eigenvalue weighted by molar-refractivity contribution is 0.205. The van der Waals surface area contributed by atoms with Crippen LogP contribution in [0.3, 0.4) is 0 Å². The minimum atomic E-state index is 0.463. The topological polar surface area (TPSA) is 65.3 Å². The molecule has 6 heteroatoms. The highest BCUT2D eigenvalue weighted by Gasteiger charge is 2.09. The van der Waals surface area contributed by atoms with E-state index in [1.807, 2.05) is 30.0 Å². The van der Waals surface area contributed by atoms with Crippen LogP contribution in [-0.2, 0) is 4.74 Å². The fraction of sp³-hybridized carbons (Fsp3) is 0.583. The van der Waals surface area contributed by atoms with Crippen molar-refractivity contribution in [1.82, 2.24) is 9.97 Å². The molecule has 0 aliphatic rings. The molecule has 18 heavy (non-hydrogen) atoms. The summed E-state index contributed by atoms with van der Waals surface area (Å²) in [6.07, 6.45) is 2.19. The second-order valence-corrected chi connectivity index (χ2v) is 4.00. The molecule has 0 unspecified atom stereocenters. The SMILES string of the molecule is COCCN(CCC#N)c1ccnc(N(C)C)n1. The van der Waals surface area contributed by atoms with Gasteiger partial charge in [0.05, 0.1) is 19.1 Å². The Morgan fingerprint density at radius 1 is 1.39 bits per heavy atom. The first-order chi connectivity index (χ1) is 8.69. The van der Waals surface area contributed by atoms with Gasteiger partial charge in [-0.25, -0.2) is 4.98 Å². The van der Waals surface area contributed by atoms with Gasteiger partial charge in [0, 0.05) is 40.5 Å². The van der Waals surface area contributed by atoms with Gasteiger partial charge in [-0.2, -0.15) is 10.2 Å². The summed E-state index contributed by atoms with van der Waals surface area (Å²) in [5.41, 5.74) is 0. The van der Waals surface area contributed by atoms with E-state index >= 15 is 0 Å². The van der Waals surface area contributed by atoms with Crippen molar-refractivity contribution < 1.29 is 4.74 Å². The van der Waals surface area contributed by atoms with E-state index in [-0.39, 0.29) is 0 Å². The average Bonchev–Trinajstić information content (AvgIpc) is 2.39. The second-order valence-electron chi connectivity index (χ2n) is 4.00. The maximum absolute atomic E-state index is 8.68. The van der Waals surface area contributed by atoms with E-state index in [0.29, 0.717) is 32.1 Å². The number of ether oxygens (including phenoxy) is 1. The van der Waals surface area contributed by atoms with Crippen LogP contribution < -0.4 is 9.80 Å². The lowest BCUT2D eigenvalue weighted by atomic mass is 10.4. The van der Waals surface area contributed by atoms with E-state index in [1.54, 1.807) is 13.3 Å². The van der Waals surface area contributed by atoms with Crippen molar-refractivity contribution in [2.75, 3.05) is 50.7 Å². The molecular formula is C12H19N5O. The van der Waals surface area contributed by atoms with Crippen LogP contribution in [0, 0.1) is 11.3 Å². The van der Waals surface area contributed by atoms with Gasteiger partial charge in [-0.3, -0.25) is 0 Å². The zero-order valence-electron chi connectivity index (χ0n) is 11.1. The minimum Gasteiger partial charge on any atom is -0.383 e. The number of nitriles is 1. The first kappa shape index (κ1) is 14.2. The third-order valence-electron chi connectivity index (χ3n) is 2.41. The van der Waals surface area contributed by atoms with Crippen molar-refractivity contribution in [3.63, 3.8) is 0 Å². The van der Waals surface area contributed by atoms with Gasteiger partial charge < -0.3 is 14.5 Å². The fourth-order valence-electron chi connectivity index (χ4n) is 1.46. The van der Waals surface area contributed by atoms with Crippen LogP contribution >= 0.6 is 0 Å². The quantitative estimate of drug-likeness (QED) is 0.715. The zero-order chi connectivity index (χ0) is 13.4. The number of hydrogen-bond acceptors (Lipinski definition) is 6. The van der Waals surface area contributed by atoms with Crippen molar-refractivity contribution in [2.45, 2.75) is 6.42 Å². The van der Waals surface area contributed by atoms with Crippen LogP contribution in [-0.4, -0.2) is 50.9 Å². The van der Waals surface area contributed by atoms with Gasteiger partial charge in [-0.1, -0.05) is 0 Å². The van der Waals surface area contributed by atoms with Gasteiger partial charge >= 0.3 is 0 Å². The summed E-state index contributed by atoms with van der Waals surface area (Å²) in [6, 6.07) is 3.99. The van der Waals surface area contributed by atoms with Crippen molar-refractivity contribution in [2.24, 2.45) is 0 Å². The van der Waals surface area contributed by atoms with Crippen LogP contribution in [0.25, 0.3) is 0 Å². The Labute approximate surface area is 108 Å². The Bertz CT molecular complexity index is 402. The summed E-state index contributed by atoms with van der Waals surface area (Å²) in [6.45, 7) is 1.96. The van der Waals surface area contributed by atoms with Crippen LogP contribution in [0.4, 0.5) is 11.8 Å². The monoisotopic (exact) mass is 249 g/mol. The molecule has 1 rings (SSSR count). The molecule has 0 spiro atoms. The summed E-state index contributed by atoms with van der Waals surface area (Å²) in [7, 11) is 5.45. The number of aromatic nitrogens is 2. The lowest BCUT2D eigenvalue weighted by Crippen LogP contribution is -2.29. The molecule has 1 aromatic heterocycles. The van der Waals surface area contributed by atoms with Gasteiger partial charge in [0.25, 0.3) is 0 Å². The Kier molecular flexibility index (Phi) is 5.88. The molecule has 0 aliphatic carbocycles. The first-order valence-corrected chi connectivity index (χ1v) is 5.80. The standard InChI is InChI=1S/C12H19N5O/c1-16(2)12-14-7-5-11(15-12)17(8-4-6-13)9-10-18-3/h5,7H,4,8-10H2,1-3H3. The number of rotatable bonds is 7. The van der Waals surface area contributed by atoms with Gasteiger partial charge in [0.2, 0.25) is 5.95 Å². The van der Waals surface area contributed by atoms with Gasteiger partial charge in [-0.05, 0) is 6.07 Å². The smallest absolute Gasteiger partial charge is 0.226 e. The van der Waals surface area contributed by atoms with Gasteiger partial charge in [-0.15, -0.1) is 0 Å². The molecule has 1 aromatic rings. The Morgan fingerprint density at radius 3 is 2.78 bits per heavy atom. The van der Waals surface area contributed by atoms with Crippen LogP contribution in [0.2, 0.25) is 0 Å². The van der Waals surface area contributed by atoms with E-state index in [1.165, 1.54) is 0 Å². The van der Waals surface area contributed by atoms with E-state index in [0.717, 1.165) is 5.82 Å². The number of hydrogen-bond donors (Lipinski definition) is 0. The predicted molar refractivity (Wildman–Crippen MR) is 70.7 cm³/mol. The van der Waals surface area contributed by atoms with Gasteiger partial charge in [0.1, 0.15) is 5.82 Å². The highest BCUT2D eigenvalue weighted by atomic mass is 16.5. The number of anilines is 2. The van der Waals surface area contributed by atoms with E-state index in [4.69, 9.17) is 10.00 Å². The van der Waals surface area contributed by atoms with E-state index < -0.39 is 0 Å². The van der Waals surface area contributed by atoms with Crippen molar-refractivity contribution >= 4 is 11.8 Å². The summed E-state index contributed by atoms with van der Waals surface area (Å²) in [5, 5.41) is 8.68. The summed E-state index contributed by atoms with van der Waals surface area (Å²) >= 11 is 0. The summed E-state index contributed by atoms with van der Waals surface area (Å²) in [4.78, 5) is 12.5. The second kappa shape index (κ2) is 7.45. The summed E-state index contributed by atoms with van der Waals surface area (Å²) < 4.78 is 5.07. The predicted octanol–water partition coefficient (Wildman–Crippen LogP) is 0.909. The zero-order valence-corrected chi connectivity index (χ0v) is 11.1. The van der Waals surface area contributed by atoms with Crippen molar-refractivity contribution in [1.29, 1.82) is 5.26 Å². The molecule has 0 saturated heterocycles. The van der Waals surface area contributed by atoms with Crippen LogP contribution in [0.5, 0.6) is 0 Å². The van der Waals surface area contributed by atoms with E-state index in [9.17, 15) is 0 Å². The van der Waals surface area contributed by atoms with Crippen LogP contribution in [0.1, 0.15) is 6.42 Å². The molecule has 98 valence electrons. The highest BCUT2D eigenvalue weighted by Crippen LogP contribution is 2.13. The molecule has 0 radical (unpaired) electrons. The third-order valence-corrected chi connectivity index (χ3v) is 2.41. The van der Waals surface area contributed by atoms with E-state index in [2.05, 4.69) is 16.0 Å². The molecular weight excluding hydrogens is 230 g/mol. The Balaban J connectivity index is 2.82. The molecule has 6 nitrogen and oxygen atoms in total. The lowest BCUT2D eigenvalue weighted by Gasteiger charge is -2.23. The minimum absolute atomic E-state index is 0.463. The summed E-state index contributed by atoms with van der Waals surface area (Å²) in [5.74, 6) is 1.48. The van der Waals surface area contributed by atoms with Gasteiger partial charge in [0.15, 0.2) is 0 Å². The van der Waals surface area contributed by atoms with Crippen molar-refractivity contribution in [3.8, 4) is 6.07 Å². The molecule has 1 heterocycles. The molecule has 0 N–H and O–H groups in total. The maximum Gasteiger partial charge on any atom is 0.226 e. The number of methoxy groups -OCH3 is 1. The molecule has 0 fully saturated rings. The normalized spacial score (nSPS) is 9.89. The Morgan fingerprint density at radius 2 is 2.17 bits per heavy atom. The largest absolute Gasteiger partial charge is 0.383 e. The van der Waals surface area contributed by atoms with Crippen LogP contribution in [0.15, 0.2) is 12.3 Å². The average molecular weight is 249 g/mol. The van der Waals surface area contributed by atoms with Crippen molar-refractivity contribution in [3.05, 3.63) is 12.3 Å². The highest BCUT2D eigenvalue weighted by molar-refractivity contribution is 5.43. The Hall–Kier alpha value is -1.87. The first-order valence-electron chi connectivity index (χ1n) is 5.80. The molecule has 0 aromatic carbocycles. The maximum atomic E-state index is 8.68. The molecule has 0 atom stereocenters. The fourth-order valence-corrected chi connectivity index (χ4v) is 1.46. The molecule has 0 aliphatic heterocycles. The molecule has 0 saturated carbocycles.